The summed E-state index contributed by atoms with van der Waals surface area (Å²) in [6, 6.07) is 15.3. The summed E-state index contributed by atoms with van der Waals surface area (Å²) in [5, 5.41) is 10.5. The van der Waals surface area contributed by atoms with Gasteiger partial charge in [0.2, 0.25) is 11.8 Å². The Kier molecular flexibility index (Phi) is 6.61. The highest BCUT2D eigenvalue weighted by molar-refractivity contribution is 5.94. The number of carbonyl (C=O) groups is 2. The normalized spacial score (nSPS) is 14.8. The Morgan fingerprint density at radius 2 is 1.72 bits per heavy atom. The average Bonchev–Trinajstić information content (AvgIpc) is 3.09. The Hall–Kier alpha value is -3.52. The molecule has 8 heteroatoms. The summed E-state index contributed by atoms with van der Waals surface area (Å²) in [4.78, 5) is 31.4. The molecule has 2 aromatic heterocycles. The summed E-state index contributed by atoms with van der Waals surface area (Å²) in [5.74, 6) is 0.429. The molecule has 1 saturated heterocycles. The molecule has 3 aromatic rings. The molecule has 1 aliphatic heterocycles. The Bertz CT molecular complexity index is 1070. The molecule has 0 unspecified atom stereocenters. The number of anilines is 2. The maximum atomic E-state index is 12.7. The van der Waals surface area contributed by atoms with Gasteiger partial charge in [-0.2, -0.15) is 5.10 Å². The summed E-state index contributed by atoms with van der Waals surface area (Å²) in [7, 11) is 0. The zero-order valence-electron chi connectivity index (χ0n) is 18.4. The fourth-order valence-electron chi connectivity index (χ4n) is 4.04. The number of carbonyl (C=O) groups excluding carboxylic acids is 2. The zero-order chi connectivity index (χ0) is 22.5. The van der Waals surface area contributed by atoms with E-state index in [2.05, 4.69) is 25.6 Å². The molecule has 0 bridgehead atoms. The van der Waals surface area contributed by atoms with Crippen molar-refractivity contribution in [1.29, 1.82) is 0 Å². The van der Waals surface area contributed by atoms with Gasteiger partial charge in [-0.25, -0.2) is 9.67 Å². The minimum Gasteiger partial charge on any atom is -0.322 e. The number of nitrogens with one attached hydrogen (secondary N) is 2. The largest absolute Gasteiger partial charge is 0.322 e. The van der Waals surface area contributed by atoms with Crippen molar-refractivity contribution in [2.24, 2.45) is 5.92 Å². The van der Waals surface area contributed by atoms with Gasteiger partial charge in [0.1, 0.15) is 5.82 Å². The van der Waals surface area contributed by atoms with Crippen molar-refractivity contribution >= 4 is 23.3 Å². The second-order valence-electron chi connectivity index (χ2n) is 8.10. The number of pyridine rings is 1. The molecule has 1 aliphatic rings. The highest BCUT2D eigenvalue weighted by Gasteiger charge is 2.26. The van der Waals surface area contributed by atoms with Crippen molar-refractivity contribution < 1.29 is 9.59 Å². The zero-order valence-corrected chi connectivity index (χ0v) is 18.4. The van der Waals surface area contributed by atoms with Gasteiger partial charge in [-0.05, 0) is 64.0 Å². The molecule has 1 fully saturated rings. The first-order valence-corrected chi connectivity index (χ1v) is 10.9. The molecule has 1 aromatic carbocycles. The van der Waals surface area contributed by atoms with Gasteiger partial charge >= 0.3 is 0 Å². The Labute approximate surface area is 187 Å². The van der Waals surface area contributed by atoms with Gasteiger partial charge in [0.15, 0.2) is 0 Å². The number of benzene rings is 1. The second-order valence-corrected chi connectivity index (χ2v) is 8.10. The van der Waals surface area contributed by atoms with Crippen LogP contribution in [-0.2, 0) is 9.59 Å². The van der Waals surface area contributed by atoms with E-state index in [0.717, 1.165) is 35.6 Å². The number of amides is 2. The number of likely N-dealkylation sites (tertiary alicyclic amines) is 1. The highest BCUT2D eigenvalue weighted by Crippen LogP contribution is 2.23. The van der Waals surface area contributed by atoms with Gasteiger partial charge in [0.25, 0.3) is 0 Å². The number of aromatic nitrogens is 3. The molecule has 0 radical (unpaired) electrons. The molecule has 4 rings (SSSR count). The molecular formula is C24H28N6O2. The van der Waals surface area contributed by atoms with Crippen LogP contribution in [0, 0.1) is 19.8 Å². The summed E-state index contributed by atoms with van der Waals surface area (Å²) in [6.07, 6.45) is 3.09. The molecule has 166 valence electrons. The third-order valence-electron chi connectivity index (χ3n) is 5.80. The van der Waals surface area contributed by atoms with E-state index in [4.69, 9.17) is 0 Å². The lowest BCUT2D eigenvalue weighted by Gasteiger charge is -2.30. The number of hydrogen-bond acceptors (Lipinski definition) is 5. The van der Waals surface area contributed by atoms with E-state index < -0.39 is 0 Å². The van der Waals surface area contributed by atoms with Crippen molar-refractivity contribution in [2.45, 2.75) is 26.7 Å². The highest BCUT2D eigenvalue weighted by atomic mass is 16.2. The van der Waals surface area contributed by atoms with Crippen molar-refractivity contribution in [3.05, 3.63) is 66.1 Å². The van der Waals surface area contributed by atoms with Gasteiger partial charge in [0.05, 0.1) is 29.3 Å². The van der Waals surface area contributed by atoms with Crippen molar-refractivity contribution in [1.82, 2.24) is 19.7 Å². The van der Waals surface area contributed by atoms with Crippen LogP contribution in [0.3, 0.4) is 0 Å². The van der Waals surface area contributed by atoms with Crippen LogP contribution in [0.4, 0.5) is 11.5 Å². The molecule has 3 heterocycles. The summed E-state index contributed by atoms with van der Waals surface area (Å²) < 4.78 is 1.84. The lowest BCUT2D eigenvalue weighted by atomic mass is 9.96. The minimum absolute atomic E-state index is 0.00706. The first-order chi connectivity index (χ1) is 15.5. The van der Waals surface area contributed by atoms with Gasteiger partial charge in [-0.1, -0.05) is 24.3 Å². The fraction of sp³-hybridized carbons (Fsp3) is 0.333. The lowest BCUT2D eigenvalue weighted by molar-refractivity contribution is -0.121. The lowest BCUT2D eigenvalue weighted by Crippen LogP contribution is -2.41. The van der Waals surface area contributed by atoms with Gasteiger partial charge in [-0.3, -0.25) is 14.5 Å². The second kappa shape index (κ2) is 9.74. The molecule has 32 heavy (non-hydrogen) atoms. The summed E-state index contributed by atoms with van der Waals surface area (Å²) in [6.45, 7) is 5.55. The minimum atomic E-state index is -0.0693. The topological polar surface area (TPSA) is 92.2 Å². The third-order valence-corrected chi connectivity index (χ3v) is 5.80. The van der Waals surface area contributed by atoms with Crippen LogP contribution in [0.15, 0.2) is 54.7 Å². The quantitative estimate of drug-likeness (QED) is 0.624. The van der Waals surface area contributed by atoms with Crippen LogP contribution in [0.2, 0.25) is 0 Å². The van der Waals surface area contributed by atoms with E-state index in [0.29, 0.717) is 25.5 Å². The van der Waals surface area contributed by atoms with Crippen molar-refractivity contribution in [3.63, 3.8) is 0 Å². The first kappa shape index (κ1) is 21.7. The smallest absolute Gasteiger partial charge is 0.238 e. The van der Waals surface area contributed by atoms with Crippen LogP contribution in [0.1, 0.15) is 24.2 Å². The average molecular weight is 433 g/mol. The number of rotatable bonds is 6. The maximum Gasteiger partial charge on any atom is 0.238 e. The molecule has 2 amide bonds. The fourth-order valence-corrected chi connectivity index (χ4v) is 4.04. The van der Waals surface area contributed by atoms with E-state index in [1.165, 1.54) is 0 Å². The molecule has 0 spiro atoms. The molecule has 0 aliphatic carbocycles. The third kappa shape index (κ3) is 5.03. The van der Waals surface area contributed by atoms with E-state index in [1.54, 1.807) is 12.3 Å². The molecule has 8 nitrogen and oxygen atoms in total. The van der Waals surface area contributed by atoms with E-state index in [-0.39, 0.29) is 17.7 Å². The molecule has 0 atom stereocenters. The van der Waals surface area contributed by atoms with Gasteiger partial charge in [-0.15, -0.1) is 0 Å². The Morgan fingerprint density at radius 3 is 2.41 bits per heavy atom. The summed E-state index contributed by atoms with van der Waals surface area (Å²) >= 11 is 0. The van der Waals surface area contributed by atoms with Gasteiger partial charge < -0.3 is 10.6 Å². The van der Waals surface area contributed by atoms with Crippen LogP contribution in [0.5, 0.6) is 0 Å². The number of nitrogens with zero attached hydrogens (tertiary/aromatic N) is 4. The van der Waals surface area contributed by atoms with Crippen LogP contribution < -0.4 is 10.6 Å². The summed E-state index contributed by atoms with van der Waals surface area (Å²) in [5.41, 5.74) is 3.39. The maximum absolute atomic E-state index is 12.7. The van der Waals surface area contributed by atoms with E-state index >= 15 is 0 Å². The first-order valence-electron chi connectivity index (χ1n) is 10.9. The number of piperidine rings is 1. The number of para-hydroxylation sites is 1. The molecule has 2 N–H and O–H groups in total. The van der Waals surface area contributed by atoms with Crippen molar-refractivity contribution in [2.75, 3.05) is 30.3 Å². The van der Waals surface area contributed by atoms with Crippen molar-refractivity contribution in [3.8, 4) is 5.69 Å². The molecular weight excluding hydrogens is 404 g/mol. The monoisotopic (exact) mass is 432 g/mol. The standard InChI is InChI=1S/C24H28N6O2/c1-17-23(18(2)30(28-17)20-8-4-3-5-9-20)27-22(31)16-29-14-11-19(12-15-29)24(32)26-21-10-6-7-13-25-21/h3-10,13,19H,11-12,14-16H2,1-2H3,(H,27,31)(H,25,26,32). The van der Waals surface area contributed by atoms with Gasteiger partial charge in [0, 0.05) is 12.1 Å². The number of hydrogen-bond donors (Lipinski definition) is 2. The van der Waals surface area contributed by atoms with E-state index in [9.17, 15) is 9.59 Å². The van der Waals surface area contributed by atoms with Crippen LogP contribution >= 0.6 is 0 Å². The van der Waals surface area contributed by atoms with Crippen LogP contribution in [0.25, 0.3) is 5.69 Å². The van der Waals surface area contributed by atoms with Crippen LogP contribution in [-0.4, -0.2) is 51.1 Å². The molecule has 0 saturated carbocycles. The number of aryl methyl sites for hydroxylation is 1. The Morgan fingerprint density at radius 1 is 1.00 bits per heavy atom. The predicted octanol–water partition coefficient (Wildman–Crippen LogP) is 3.17. The Balaban J connectivity index is 1.29. The van der Waals surface area contributed by atoms with E-state index in [1.807, 2.05) is 61.0 Å². The predicted molar refractivity (Wildman–Crippen MR) is 124 cm³/mol. The SMILES string of the molecule is Cc1nn(-c2ccccc2)c(C)c1NC(=O)CN1CCC(C(=O)Nc2ccccn2)CC1.